The smallest absolute Gasteiger partial charge is 0.187 e. The zero-order chi connectivity index (χ0) is 16.7. The first kappa shape index (κ1) is 17.4. The van der Waals surface area contributed by atoms with E-state index in [4.69, 9.17) is 22.2 Å². The summed E-state index contributed by atoms with van der Waals surface area (Å²) in [7, 11) is 1.86. The molecule has 1 fully saturated rings. The van der Waals surface area contributed by atoms with Crippen molar-refractivity contribution in [2.24, 2.45) is 12.1 Å². The lowest BCUT2D eigenvalue weighted by atomic mass is 10.3. The predicted molar refractivity (Wildman–Crippen MR) is 93.5 cm³/mol. The van der Waals surface area contributed by atoms with Crippen LogP contribution in [0.5, 0.6) is 0 Å². The molecule has 2 heterocycles. The Balaban J connectivity index is 1.72. The summed E-state index contributed by atoms with van der Waals surface area (Å²) < 4.78 is 7.14. The van der Waals surface area contributed by atoms with Crippen molar-refractivity contribution in [3.05, 3.63) is 23.0 Å². The predicted octanol–water partition coefficient (Wildman–Crippen LogP) is 0.335. The SMILES string of the molecule is Cc1c(/C=N\NC(=S)NCCN2CCOCC2)cc(C#N)n1C. The standard InChI is InChI=1S/C15H22N6OS/c1-12-13(9-14(10-16)20(12)2)11-18-19-15(23)17-3-4-21-5-7-22-8-6-21/h9,11H,3-8H2,1-2H3,(H2,17,19,23)/b18-11-. The van der Waals surface area contributed by atoms with Gasteiger partial charge in [0, 0.05) is 44.5 Å². The second-order valence-corrected chi connectivity index (χ2v) is 5.73. The third-order valence-electron chi connectivity index (χ3n) is 3.88. The van der Waals surface area contributed by atoms with Crippen molar-refractivity contribution in [1.82, 2.24) is 20.2 Å². The highest BCUT2D eigenvalue weighted by Crippen LogP contribution is 2.10. The Morgan fingerprint density at radius 2 is 2.26 bits per heavy atom. The summed E-state index contributed by atoms with van der Waals surface area (Å²) in [5.74, 6) is 0. The van der Waals surface area contributed by atoms with Gasteiger partial charge in [-0.1, -0.05) is 0 Å². The Hall–Kier alpha value is -1.95. The molecule has 2 N–H and O–H groups in total. The first-order valence-corrected chi connectivity index (χ1v) is 7.96. The Bertz CT molecular complexity index is 612. The highest BCUT2D eigenvalue weighted by Gasteiger charge is 2.09. The molecule has 1 aliphatic rings. The van der Waals surface area contributed by atoms with Crippen molar-refractivity contribution < 1.29 is 4.74 Å². The Morgan fingerprint density at radius 1 is 1.52 bits per heavy atom. The maximum Gasteiger partial charge on any atom is 0.187 e. The van der Waals surface area contributed by atoms with Crippen LogP contribution in [-0.4, -0.2) is 60.2 Å². The zero-order valence-corrected chi connectivity index (χ0v) is 14.3. The minimum atomic E-state index is 0.489. The lowest BCUT2D eigenvalue weighted by molar-refractivity contribution is 0.0389. The van der Waals surface area contributed by atoms with Gasteiger partial charge in [-0.25, -0.2) is 0 Å². The fraction of sp³-hybridized carbons (Fsp3) is 0.533. The van der Waals surface area contributed by atoms with E-state index in [1.807, 2.05) is 18.5 Å². The van der Waals surface area contributed by atoms with E-state index in [1.54, 1.807) is 12.3 Å². The van der Waals surface area contributed by atoms with Gasteiger partial charge in [0.15, 0.2) is 5.11 Å². The number of nitrogens with zero attached hydrogens (tertiary/aromatic N) is 4. The van der Waals surface area contributed by atoms with Crippen molar-refractivity contribution >= 4 is 23.5 Å². The van der Waals surface area contributed by atoms with Crippen LogP contribution in [0.1, 0.15) is 17.0 Å². The molecule has 0 radical (unpaired) electrons. The second-order valence-electron chi connectivity index (χ2n) is 5.32. The van der Waals surface area contributed by atoms with E-state index < -0.39 is 0 Å². The molecule has 0 aliphatic carbocycles. The van der Waals surface area contributed by atoms with E-state index in [-0.39, 0.29) is 0 Å². The highest BCUT2D eigenvalue weighted by atomic mass is 32.1. The molecule has 0 bridgehead atoms. The van der Waals surface area contributed by atoms with E-state index >= 15 is 0 Å². The molecule has 1 aromatic rings. The van der Waals surface area contributed by atoms with Crippen LogP contribution < -0.4 is 10.7 Å². The monoisotopic (exact) mass is 334 g/mol. The quantitative estimate of drug-likeness (QED) is 0.459. The van der Waals surface area contributed by atoms with E-state index in [0.717, 1.165) is 50.7 Å². The molecular weight excluding hydrogens is 312 g/mol. The lowest BCUT2D eigenvalue weighted by Gasteiger charge is -2.26. The van der Waals surface area contributed by atoms with Gasteiger partial charge in [-0.05, 0) is 25.2 Å². The average molecular weight is 334 g/mol. The minimum Gasteiger partial charge on any atom is -0.379 e. The molecule has 0 atom stereocenters. The third kappa shape index (κ3) is 5.03. The van der Waals surface area contributed by atoms with Gasteiger partial charge in [0.1, 0.15) is 11.8 Å². The molecule has 8 heteroatoms. The average Bonchev–Trinajstić information content (AvgIpc) is 2.84. The summed E-state index contributed by atoms with van der Waals surface area (Å²) in [6.45, 7) is 7.18. The molecule has 1 aliphatic heterocycles. The number of hydrazone groups is 1. The number of hydrogen-bond donors (Lipinski definition) is 2. The maximum absolute atomic E-state index is 9.00. The first-order valence-electron chi connectivity index (χ1n) is 7.55. The summed E-state index contributed by atoms with van der Waals surface area (Å²) >= 11 is 5.19. The molecule has 0 unspecified atom stereocenters. The molecule has 0 aromatic carbocycles. The van der Waals surface area contributed by atoms with Gasteiger partial charge in [0.05, 0.1) is 19.4 Å². The highest BCUT2D eigenvalue weighted by molar-refractivity contribution is 7.80. The number of hydrogen-bond acceptors (Lipinski definition) is 5. The Labute approximate surface area is 141 Å². The molecule has 7 nitrogen and oxygen atoms in total. The van der Waals surface area contributed by atoms with Crippen LogP contribution in [-0.2, 0) is 11.8 Å². The molecule has 1 saturated heterocycles. The van der Waals surface area contributed by atoms with Gasteiger partial charge in [-0.15, -0.1) is 0 Å². The van der Waals surface area contributed by atoms with Gasteiger partial charge in [0.25, 0.3) is 0 Å². The van der Waals surface area contributed by atoms with Crippen LogP contribution in [0.2, 0.25) is 0 Å². The maximum atomic E-state index is 9.00. The third-order valence-corrected chi connectivity index (χ3v) is 4.11. The van der Waals surface area contributed by atoms with E-state index in [1.165, 1.54) is 0 Å². The van der Waals surface area contributed by atoms with Gasteiger partial charge in [-0.2, -0.15) is 10.4 Å². The van der Waals surface area contributed by atoms with Crippen molar-refractivity contribution in [3.8, 4) is 6.07 Å². The summed E-state index contributed by atoms with van der Waals surface area (Å²) in [4.78, 5) is 2.33. The molecule has 0 spiro atoms. The number of thiocarbonyl (C=S) groups is 1. The van der Waals surface area contributed by atoms with Gasteiger partial charge in [0.2, 0.25) is 0 Å². The number of ether oxygens (including phenoxy) is 1. The molecule has 124 valence electrons. The van der Waals surface area contributed by atoms with E-state index in [9.17, 15) is 0 Å². The fourth-order valence-electron chi connectivity index (χ4n) is 2.31. The molecule has 0 amide bonds. The summed E-state index contributed by atoms with van der Waals surface area (Å²) in [6, 6.07) is 3.94. The van der Waals surface area contributed by atoms with E-state index in [2.05, 4.69) is 26.8 Å². The van der Waals surface area contributed by atoms with Crippen molar-refractivity contribution in [2.75, 3.05) is 39.4 Å². The van der Waals surface area contributed by atoms with Crippen molar-refractivity contribution in [2.45, 2.75) is 6.92 Å². The summed E-state index contributed by atoms with van der Waals surface area (Å²) in [5, 5.41) is 16.7. The number of rotatable bonds is 5. The Morgan fingerprint density at radius 3 is 2.91 bits per heavy atom. The minimum absolute atomic E-state index is 0.489. The first-order chi connectivity index (χ1) is 11.1. The molecule has 23 heavy (non-hydrogen) atoms. The van der Waals surface area contributed by atoms with Gasteiger partial charge < -0.3 is 14.6 Å². The van der Waals surface area contributed by atoms with Crippen LogP contribution in [0.3, 0.4) is 0 Å². The summed E-state index contributed by atoms with van der Waals surface area (Å²) in [6.07, 6.45) is 1.67. The second kappa shape index (κ2) is 8.62. The van der Waals surface area contributed by atoms with Gasteiger partial charge in [-0.3, -0.25) is 10.3 Å². The number of nitrogens with one attached hydrogen (secondary N) is 2. The largest absolute Gasteiger partial charge is 0.379 e. The summed E-state index contributed by atoms with van der Waals surface area (Å²) in [5.41, 5.74) is 5.28. The van der Waals surface area contributed by atoms with Crippen LogP contribution in [0.4, 0.5) is 0 Å². The normalized spacial score (nSPS) is 15.5. The topological polar surface area (TPSA) is 77.6 Å². The van der Waals surface area contributed by atoms with Crippen LogP contribution >= 0.6 is 12.2 Å². The fourth-order valence-corrected chi connectivity index (χ4v) is 2.47. The molecule has 0 saturated carbocycles. The molecule has 1 aromatic heterocycles. The molecule has 2 rings (SSSR count). The molecular formula is C15H22N6OS. The zero-order valence-electron chi connectivity index (χ0n) is 13.5. The van der Waals surface area contributed by atoms with E-state index in [0.29, 0.717) is 10.8 Å². The van der Waals surface area contributed by atoms with Crippen molar-refractivity contribution in [3.63, 3.8) is 0 Å². The van der Waals surface area contributed by atoms with Crippen LogP contribution in [0, 0.1) is 18.3 Å². The number of morpholine rings is 1. The van der Waals surface area contributed by atoms with Crippen molar-refractivity contribution in [1.29, 1.82) is 5.26 Å². The number of nitriles is 1. The lowest BCUT2D eigenvalue weighted by Crippen LogP contribution is -2.42. The van der Waals surface area contributed by atoms with Gasteiger partial charge >= 0.3 is 0 Å². The number of aromatic nitrogens is 1. The Kier molecular flexibility index (Phi) is 6.52. The van der Waals surface area contributed by atoms with Crippen LogP contribution in [0.25, 0.3) is 0 Å². The van der Waals surface area contributed by atoms with Crippen LogP contribution in [0.15, 0.2) is 11.2 Å².